The molecule has 1 aromatic heterocycles. The van der Waals surface area contributed by atoms with E-state index in [4.69, 9.17) is 5.26 Å². The van der Waals surface area contributed by atoms with Crippen LogP contribution in [0.4, 0.5) is 0 Å². The van der Waals surface area contributed by atoms with E-state index < -0.39 is 16.1 Å². The van der Waals surface area contributed by atoms with Crippen molar-refractivity contribution in [2.24, 2.45) is 0 Å². The van der Waals surface area contributed by atoms with Gasteiger partial charge in [0.05, 0.1) is 17.3 Å². The average Bonchev–Trinajstić information content (AvgIpc) is 2.76. The predicted molar refractivity (Wildman–Crippen MR) is 64.0 cm³/mol. The van der Waals surface area contributed by atoms with Crippen molar-refractivity contribution in [3.63, 3.8) is 0 Å². The molecular weight excluding hydrogens is 258 g/mol. The summed E-state index contributed by atoms with van der Waals surface area (Å²) in [5.74, 6) is 0. The number of hydrogen-bond donors (Lipinski definition) is 0. The Kier molecular flexibility index (Phi) is 3.47. The quantitative estimate of drug-likeness (QED) is 0.817. The number of aromatic nitrogens is 1. The van der Waals surface area contributed by atoms with Crippen LogP contribution in [0, 0.1) is 18.3 Å². The van der Waals surface area contributed by atoms with Crippen LogP contribution in [0.5, 0.6) is 0 Å². The van der Waals surface area contributed by atoms with E-state index >= 15 is 0 Å². The van der Waals surface area contributed by atoms with Crippen LogP contribution >= 0.6 is 11.3 Å². The Morgan fingerprint density at radius 3 is 2.94 bits per heavy atom. The van der Waals surface area contributed by atoms with Gasteiger partial charge in [0, 0.05) is 6.54 Å². The molecule has 5 nitrogen and oxygen atoms in total. The number of nitrogens with zero attached hydrogens (tertiary/aromatic N) is 3. The normalized spacial score (nSPS) is 22.2. The summed E-state index contributed by atoms with van der Waals surface area (Å²) in [6.07, 6.45) is 3.72. The number of aryl methyl sites for hydroxylation is 1. The fourth-order valence-electron chi connectivity index (χ4n) is 1.90. The lowest BCUT2D eigenvalue weighted by molar-refractivity contribution is 0.297. The van der Waals surface area contributed by atoms with Crippen molar-refractivity contribution in [2.45, 2.75) is 36.4 Å². The van der Waals surface area contributed by atoms with Crippen LogP contribution < -0.4 is 0 Å². The first-order valence-corrected chi connectivity index (χ1v) is 7.65. The zero-order valence-electron chi connectivity index (χ0n) is 9.46. The Bertz CT molecular complexity index is 544. The molecule has 2 heterocycles. The molecule has 0 N–H and O–H groups in total. The van der Waals surface area contributed by atoms with E-state index in [1.54, 1.807) is 6.92 Å². The minimum Gasteiger partial charge on any atom is -0.249 e. The molecule has 0 radical (unpaired) electrons. The van der Waals surface area contributed by atoms with Crippen LogP contribution in [0.15, 0.2) is 10.4 Å². The van der Waals surface area contributed by atoms with Gasteiger partial charge in [-0.05, 0) is 26.2 Å². The lowest BCUT2D eigenvalue weighted by Gasteiger charge is -2.29. The summed E-state index contributed by atoms with van der Waals surface area (Å²) in [5, 5.41) is 9.73. The minimum atomic E-state index is -3.54. The maximum absolute atomic E-state index is 12.3. The number of thiazole rings is 1. The number of sulfonamides is 1. The molecule has 1 saturated heterocycles. The van der Waals surface area contributed by atoms with E-state index in [0.717, 1.165) is 24.2 Å². The van der Waals surface area contributed by atoms with Crippen molar-refractivity contribution in [3.8, 4) is 6.07 Å². The van der Waals surface area contributed by atoms with Gasteiger partial charge in [-0.3, -0.25) is 0 Å². The summed E-state index contributed by atoms with van der Waals surface area (Å²) in [5.41, 5.74) is 0. The van der Waals surface area contributed by atoms with Gasteiger partial charge in [0.2, 0.25) is 0 Å². The second-order valence-corrected chi connectivity index (χ2v) is 7.31. The van der Waals surface area contributed by atoms with E-state index in [-0.39, 0.29) is 4.21 Å². The minimum absolute atomic E-state index is 0.233. The lowest BCUT2D eigenvalue weighted by Crippen LogP contribution is -2.42. The zero-order valence-corrected chi connectivity index (χ0v) is 11.1. The van der Waals surface area contributed by atoms with Crippen LogP contribution in [0.25, 0.3) is 0 Å². The topological polar surface area (TPSA) is 74.1 Å². The third-order valence-electron chi connectivity index (χ3n) is 2.77. The molecule has 0 aliphatic carbocycles. The summed E-state index contributed by atoms with van der Waals surface area (Å²) < 4.78 is 26.2. The van der Waals surface area contributed by atoms with Gasteiger partial charge in [0.1, 0.15) is 6.04 Å². The SMILES string of the molecule is Cc1ncc(S(=O)(=O)N2CCCCC2C#N)s1. The van der Waals surface area contributed by atoms with Gasteiger partial charge in [-0.25, -0.2) is 13.4 Å². The molecule has 0 saturated carbocycles. The molecule has 2 rings (SSSR count). The highest BCUT2D eigenvalue weighted by molar-refractivity contribution is 7.91. The first-order chi connectivity index (χ1) is 8.05. The summed E-state index contributed by atoms with van der Waals surface area (Å²) in [6.45, 7) is 2.19. The van der Waals surface area contributed by atoms with Crippen molar-refractivity contribution in [1.29, 1.82) is 5.26 Å². The molecule has 1 fully saturated rings. The molecule has 92 valence electrons. The van der Waals surface area contributed by atoms with Gasteiger partial charge in [-0.1, -0.05) is 0 Å². The van der Waals surface area contributed by atoms with E-state index in [9.17, 15) is 8.42 Å². The molecule has 1 aliphatic rings. The second kappa shape index (κ2) is 4.72. The highest BCUT2D eigenvalue weighted by Gasteiger charge is 2.34. The highest BCUT2D eigenvalue weighted by Crippen LogP contribution is 2.27. The number of rotatable bonds is 2. The van der Waals surface area contributed by atoms with Crippen LogP contribution in [0.2, 0.25) is 0 Å². The Morgan fingerprint density at radius 2 is 2.35 bits per heavy atom. The van der Waals surface area contributed by atoms with Crippen molar-refractivity contribution in [3.05, 3.63) is 11.2 Å². The zero-order chi connectivity index (χ0) is 12.5. The van der Waals surface area contributed by atoms with Crippen LogP contribution in [-0.4, -0.2) is 30.3 Å². The van der Waals surface area contributed by atoms with Crippen LogP contribution in [0.1, 0.15) is 24.3 Å². The first kappa shape index (κ1) is 12.5. The van der Waals surface area contributed by atoms with Crippen molar-refractivity contribution in [1.82, 2.24) is 9.29 Å². The van der Waals surface area contributed by atoms with Crippen LogP contribution in [0.3, 0.4) is 0 Å². The van der Waals surface area contributed by atoms with Gasteiger partial charge in [0.25, 0.3) is 10.0 Å². The van der Waals surface area contributed by atoms with Crippen molar-refractivity contribution in [2.75, 3.05) is 6.54 Å². The largest absolute Gasteiger partial charge is 0.255 e. The van der Waals surface area contributed by atoms with Crippen molar-refractivity contribution >= 4 is 21.4 Å². The number of nitriles is 1. The molecule has 0 bridgehead atoms. The summed E-state index contributed by atoms with van der Waals surface area (Å²) in [6, 6.07) is 1.54. The molecule has 17 heavy (non-hydrogen) atoms. The molecule has 1 aromatic rings. The van der Waals surface area contributed by atoms with Gasteiger partial charge in [-0.15, -0.1) is 11.3 Å². The van der Waals surface area contributed by atoms with E-state index in [2.05, 4.69) is 11.1 Å². The number of hydrogen-bond acceptors (Lipinski definition) is 5. The maximum Gasteiger partial charge on any atom is 0.255 e. The van der Waals surface area contributed by atoms with E-state index in [1.807, 2.05) is 0 Å². The molecule has 1 unspecified atom stereocenters. The standard InChI is InChI=1S/C10H13N3O2S2/c1-8-12-7-10(16-8)17(14,15)13-5-3-2-4-9(13)6-11/h7,9H,2-5H2,1H3. The maximum atomic E-state index is 12.3. The van der Waals surface area contributed by atoms with Gasteiger partial charge < -0.3 is 0 Å². The second-order valence-electron chi connectivity index (χ2n) is 3.95. The smallest absolute Gasteiger partial charge is 0.249 e. The Morgan fingerprint density at radius 1 is 1.59 bits per heavy atom. The Labute approximate surface area is 105 Å². The summed E-state index contributed by atoms with van der Waals surface area (Å²) in [7, 11) is -3.54. The fourth-order valence-corrected chi connectivity index (χ4v) is 4.74. The monoisotopic (exact) mass is 271 g/mol. The number of piperidine rings is 1. The van der Waals surface area contributed by atoms with E-state index in [0.29, 0.717) is 18.0 Å². The van der Waals surface area contributed by atoms with Gasteiger partial charge in [-0.2, -0.15) is 9.57 Å². The third-order valence-corrected chi connectivity index (χ3v) is 6.02. The Hall–Kier alpha value is -0.970. The summed E-state index contributed by atoms with van der Waals surface area (Å²) in [4.78, 5) is 3.96. The van der Waals surface area contributed by atoms with Gasteiger partial charge >= 0.3 is 0 Å². The molecule has 1 atom stereocenters. The molecule has 7 heteroatoms. The summed E-state index contributed by atoms with van der Waals surface area (Å²) >= 11 is 1.15. The molecule has 0 spiro atoms. The molecule has 0 amide bonds. The molecular formula is C10H13N3O2S2. The third kappa shape index (κ3) is 2.34. The molecule has 0 aromatic carbocycles. The van der Waals surface area contributed by atoms with Gasteiger partial charge in [0.15, 0.2) is 4.21 Å². The highest BCUT2D eigenvalue weighted by atomic mass is 32.2. The Balaban J connectivity index is 2.35. The molecule has 1 aliphatic heterocycles. The van der Waals surface area contributed by atoms with Crippen LogP contribution in [-0.2, 0) is 10.0 Å². The fraction of sp³-hybridized carbons (Fsp3) is 0.600. The first-order valence-electron chi connectivity index (χ1n) is 5.39. The predicted octanol–water partition coefficient (Wildman–Crippen LogP) is 1.52. The lowest BCUT2D eigenvalue weighted by atomic mass is 10.1. The average molecular weight is 271 g/mol. The van der Waals surface area contributed by atoms with E-state index in [1.165, 1.54) is 10.5 Å². The van der Waals surface area contributed by atoms with Crippen molar-refractivity contribution < 1.29 is 8.42 Å².